The van der Waals surface area contributed by atoms with E-state index in [-0.39, 0.29) is 36.3 Å². The molecule has 2 aliphatic carbocycles. The standard InChI is InChI=1S/C28H32N2O5/c1-17-7-6-12-30(26(17)27(32)33)25(31)15-18-13-19(14-18)29-28(34)35-16-24-22-10-4-2-8-20(22)21-9-3-5-11-23(21)24/h2-5,8-11,17-19,24,26H,6-7,12-16H2,1H3,(H,29,34)(H,32,33). The van der Waals surface area contributed by atoms with E-state index in [4.69, 9.17) is 4.74 Å². The second-order valence-corrected chi connectivity index (χ2v) is 10.2. The highest BCUT2D eigenvalue weighted by Crippen LogP contribution is 2.44. The third kappa shape index (κ3) is 4.64. The number of ether oxygens (including phenoxy) is 1. The predicted octanol–water partition coefficient (Wildman–Crippen LogP) is 4.41. The normalized spacial score (nSPS) is 25.2. The lowest BCUT2D eigenvalue weighted by molar-refractivity contribution is -0.155. The van der Waals surface area contributed by atoms with Crippen molar-refractivity contribution in [1.82, 2.24) is 10.2 Å². The van der Waals surface area contributed by atoms with Crippen molar-refractivity contribution in [3.63, 3.8) is 0 Å². The van der Waals surface area contributed by atoms with Crippen LogP contribution in [0.2, 0.25) is 0 Å². The van der Waals surface area contributed by atoms with Crippen molar-refractivity contribution in [2.24, 2.45) is 11.8 Å². The second-order valence-electron chi connectivity index (χ2n) is 10.2. The van der Waals surface area contributed by atoms with Gasteiger partial charge in [-0.25, -0.2) is 9.59 Å². The number of hydrogen-bond donors (Lipinski definition) is 2. The van der Waals surface area contributed by atoms with Crippen LogP contribution in [0.3, 0.4) is 0 Å². The number of carboxylic acid groups (broad SMARTS) is 1. The number of carboxylic acids is 1. The van der Waals surface area contributed by atoms with E-state index in [1.807, 2.05) is 31.2 Å². The maximum Gasteiger partial charge on any atom is 0.407 e. The zero-order valence-corrected chi connectivity index (χ0v) is 20.0. The van der Waals surface area contributed by atoms with Crippen molar-refractivity contribution < 1.29 is 24.2 Å². The first-order valence-corrected chi connectivity index (χ1v) is 12.6. The van der Waals surface area contributed by atoms with E-state index in [0.717, 1.165) is 12.8 Å². The molecule has 0 bridgehead atoms. The topological polar surface area (TPSA) is 95.9 Å². The van der Waals surface area contributed by atoms with Gasteiger partial charge in [-0.2, -0.15) is 0 Å². The summed E-state index contributed by atoms with van der Waals surface area (Å²) >= 11 is 0. The Morgan fingerprint density at radius 2 is 1.66 bits per heavy atom. The van der Waals surface area contributed by atoms with E-state index < -0.39 is 18.1 Å². The minimum Gasteiger partial charge on any atom is -0.480 e. The molecule has 7 nitrogen and oxygen atoms in total. The molecule has 35 heavy (non-hydrogen) atoms. The number of nitrogens with zero attached hydrogens (tertiary/aromatic N) is 1. The summed E-state index contributed by atoms with van der Waals surface area (Å²) in [4.78, 5) is 38.5. The highest BCUT2D eigenvalue weighted by molar-refractivity contribution is 5.84. The molecular weight excluding hydrogens is 444 g/mol. The average Bonchev–Trinajstić information content (AvgIpc) is 3.14. The summed E-state index contributed by atoms with van der Waals surface area (Å²) in [6, 6.07) is 15.7. The quantitative estimate of drug-likeness (QED) is 0.644. The van der Waals surface area contributed by atoms with Crippen LogP contribution in [0.4, 0.5) is 4.79 Å². The van der Waals surface area contributed by atoms with Crippen LogP contribution in [-0.4, -0.2) is 53.2 Å². The minimum absolute atomic E-state index is 0.0148. The molecular formula is C28H32N2O5. The van der Waals surface area contributed by atoms with Crippen LogP contribution >= 0.6 is 0 Å². The molecule has 0 spiro atoms. The van der Waals surface area contributed by atoms with E-state index in [9.17, 15) is 19.5 Å². The lowest BCUT2D eigenvalue weighted by atomic mass is 9.77. The SMILES string of the molecule is CC1CCCN(C(=O)CC2CC(NC(=O)OCC3c4ccccc4-c4ccccc43)C2)C1C(=O)O. The molecule has 184 valence electrons. The maximum atomic E-state index is 12.8. The summed E-state index contributed by atoms with van der Waals surface area (Å²) in [5.74, 6) is -0.862. The van der Waals surface area contributed by atoms with Crippen LogP contribution in [0.5, 0.6) is 0 Å². The molecule has 3 aliphatic rings. The summed E-state index contributed by atoms with van der Waals surface area (Å²) < 4.78 is 5.62. The third-order valence-corrected chi connectivity index (χ3v) is 7.87. The number of piperidine rings is 1. The zero-order chi connectivity index (χ0) is 24.5. The number of amides is 2. The highest BCUT2D eigenvalue weighted by Gasteiger charge is 2.39. The fourth-order valence-corrected chi connectivity index (χ4v) is 6.04. The average molecular weight is 477 g/mol. The fraction of sp³-hybridized carbons (Fsp3) is 0.464. The van der Waals surface area contributed by atoms with Crippen LogP contribution in [-0.2, 0) is 14.3 Å². The number of carbonyl (C=O) groups is 3. The van der Waals surface area contributed by atoms with Gasteiger partial charge in [-0.05, 0) is 59.8 Å². The van der Waals surface area contributed by atoms with Gasteiger partial charge in [0.15, 0.2) is 0 Å². The number of hydrogen-bond acceptors (Lipinski definition) is 4. The van der Waals surface area contributed by atoms with Gasteiger partial charge in [0.05, 0.1) is 0 Å². The molecule has 2 unspecified atom stereocenters. The molecule has 5 rings (SSSR count). The minimum atomic E-state index is -0.922. The molecule has 1 heterocycles. The van der Waals surface area contributed by atoms with Gasteiger partial charge in [-0.15, -0.1) is 0 Å². The maximum absolute atomic E-state index is 12.8. The Labute approximate surface area is 205 Å². The highest BCUT2D eigenvalue weighted by atomic mass is 16.5. The number of alkyl carbamates (subject to hydrolysis) is 1. The van der Waals surface area contributed by atoms with E-state index >= 15 is 0 Å². The largest absolute Gasteiger partial charge is 0.480 e. The van der Waals surface area contributed by atoms with Crippen molar-refractivity contribution in [3.8, 4) is 11.1 Å². The first-order valence-electron chi connectivity index (χ1n) is 12.6. The Morgan fingerprint density at radius 3 is 2.29 bits per heavy atom. The molecule has 1 saturated carbocycles. The predicted molar refractivity (Wildman–Crippen MR) is 131 cm³/mol. The second kappa shape index (κ2) is 9.72. The molecule has 0 aromatic heterocycles. The smallest absolute Gasteiger partial charge is 0.407 e. The molecule has 1 aliphatic heterocycles. The molecule has 2 fully saturated rings. The summed E-state index contributed by atoms with van der Waals surface area (Å²) in [6.45, 7) is 2.68. The zero-order valence-electron chi connectivity index (χ0n) is 20.0. The van der Waals surface area contributed by atoms with Gasteiger partial charge in [-0.1, -0.05) is 55.5 Å². The third-order valence-electron chi connectivity index (χ3n) is 7.87. The van der Waals surface area contributed by atoms with Gasteiger partial charge in [0.1, 0.15) is 12.6 Å². The Hall–Kier alpha value is -3.35. The molecule has 2 aromatic rings. The summed E-state index contributed by atoms with van der Waals surface area (Å²) in [5, 5.41) is 12.5. The monoisotopic (exact) mass is 476 g/mol. The lowest BCUT2D eigenvalue weighted by Crippen LogP contribution is -2.53. The number of carbonyl (C=O) groups excluding carboxylic acids is 2. The van der Waals surface area contributed by atoms with Crippen LogP contribution < -0.4 is 5.32 Å². The first kappa shape index (κ1) is 23.4. The summed E-state index contributed by atoms with van der Waals surface area (Å²) in [7, 11) is 0. The van der Waals surface area contributed by atoms with Gasteiger partial charge < -0.3 is 20.1 Å². The van der Waals surface area contributed by atoms with Crippen molar-refractivity contribution in [2.45, 2.75) is 57.0 Å². The van der Waals surface area contributed by atoms with E-state index in [2.05, 4.69) is 29.6 Å². The van der Waals surface area contributed by atoms with Gasteiger partial charge in [-0.3, -0.25) is 4.79 Å². The number of aliphatic carboxylic acids is 1. The number of benzene rings is 2. The summed E-state index contributed by atoms with van der Waals surface area (Å²) in [5.41, 5.74) is 4.74. The van der Waals surface area contributed by atoms with Crippen LogP contribution in [0.1, 0.15) is 56.1 Å². The fourth-order valence-electron chi connectivity index (χ4n) is 6.04. The summed E-state index contributed by atoms with van der Waals surface area (Å²) in [6.07, 6.45) is 2.98. The van der Waals surface area contributed by atoms with Gasteiger partial charge >= 0.3 is 12.1 Å². The van der Waals surface area contributed by atoms with Crippen LogP contribution in [0.15, 0.2) is 48.5 Å². The number of nitrogens with one attached hydrogen (secondary N) is 1. The molecule has 2 amide bonds. The van der Waals surface area contributed by atoms with Gasteiger partial charge in [0.2, 0.25) is 5.91 Å². The van der Waals surface area contributed by atoms with Crippen LogP contribution in [0, 0.1) is 11.8 Å². The molecule has 2 atom stereocenters. The molecule has 2 N–H and O–H groups in total. The Kier molecular flexibility index (Phi) is 6.50. The van der Waals surface area contributed by atoms with Crippen LogP contribution in [0.25, 0.3) is 11.1 Å². The first-order chi connectivity index (χ1) is 16.9. The molecule has 2 aromatic carbocycles. The lowest BCUT2D eigenvalue weighted by Gasteiger charge is -2.40. The molecule has 1 saturated heterocycles. The number of fused-ring (bicyclic) bond motifs is 3. The van der Waals surface area contributed by atoms with Crippen molar-refractivity contribution in [2.75, 3.05) is 13.2 Å². The van der Waals surface area contributed by atoms with E-state index in [1.54, 1.807) is 4.90 Å². The molecule has 0 radical (unpaired) electrons. The molecule has 7 heteroatoms. The number of likely N-dealkylation sites (tertiary alicyclic amines) is 1. The van der Waals surface area contributed by atoms with E-state index in [1.165, 1.54) is 22.3 Å². The Morgan fingerprint density at radius 1 is 1.03 bits per heavy atom. The van der Waals surface area contributed by atoms with Gasteiger partial charge in [0, 0.05) is 24.9 Å². The van der Waals surface area contributed by atoms with Crippen molar-refractivity contribution in [1.29, 1.82) is 0 Å². The van der Waals surface area contributed by atoms with E-state index in [0.29, 0.717) is 25.8 Å². The Balaban J connectivity index is 1.09. The van der Waals surface area contributed by atoms with Gasteiger partial charge in [0.25, 0.3) is 0 Å². The number of rotatable bonds is 6. The van der Waals surface area contributed by atoms with Crippen molar-refractivity contribution in [3.05, 3.63) is 59.7 Å². The Bertz CT molecular complexity index is 1080. The van der Waals surface area contributed by atoms with Crippen molar-refractivity contribution >= 4 is 18.0 Å².